The first kappa shape index (κ1) is 21.5. The Morgan fingerprint density at radius 3 is 2.55 bits per heavy atom. The number of hydrogen-bond acceptors (Lipinski definition) is 4. The summed E-state index contributed by atoms with van der Waals surface area (Å²) in [5, 5.41) is 0. The van der Waals surface area contributed by atoms with Crippen LogP contribution in [0.4, 0.5) is 8.78 Å². The maximum Gasteiger partial charge on any atom is 0.213 e. The molecule has 1 saturated heterocycles. The normalized spacial score (nSPS) is 18.0. The first-order chi connectivity index (χ1) is 13.8. The molecule has 1 aliphatic heterocycles. The first-order valence-electron chi connectivity index (χ1n) is 9.72. The smallest absolute Gasteiger partial charge is 0.213 e. The van der Waals surface area contributed by atoms with Crippen molar-refractivity contribution in [3.05, 3.63) is 53.7 Å². The van der Waals surface area contributed by atoms with E-state index >= 15 is 0 Å². The number of carbonyl (C=O) groups is 1. The summed E-state index contributed by atoms with van der Waals surface area (Å²) in [5.74, 6) is -1.20. The second kappa shape index (κ2) is 9.09. The zero-order valence-electron chi connectivity index (χ0n) is 16.3. The quantitative estimate of drug-likeness (QED) is 0.632. The Hall–Kier alpha value is -2.19. The van der Waals surface area contributed by atoms with E-state index in [1.165, 1.54) is 22.6 Å². The second-order valence-corrected chi connectivity index (χ2v) is 9.58. The number of rotatable bonds is 7. The lowest BCUT2D eigenvalue weighted by atomic mass is 9.92. The Morgan fingerprint density at radius 2 is 1.93 bits per heavy atom. The Kier molecular flexibility index (Phi) is 6.74. The van der Waals surface area contributed by atoms with Crippen molar-refractivity contribution in [2.24, 2.45) is 5.92 Å². The number of benzene rings is 1. The fraction of sp³-hybridized carbons (Fsp3) is 0.429. The van der Waals surface area contributed by atoms with Gasteiger partial charge < -0.3 is 0 Å². The summed E-state index contributed by atoms with van der Waals surface area (Å²) in [4.78, 5) is 16.6. The van der Waals surface area contributed by atoms with Crippen molar-refractivity contribution < 1.29 is 22.0 Å². The predicted molar refractivity (Wildman–Crippen MR) is 107 cm³/mol. The molecule has 0 spiro atoms. The molecule has 0 amide bonds. The lowest BCUT2D eigenvalue weighted by Crippen LogP contribution is -2.40. The molecule has 0 N–H and O–H groups in total. The summed E-state index contributed by atoms with van der Waals surface area (Å²) < 4.78 is 52.4. The van der Waals surface area contributed by atoms with Crippen LogP contribution in [0.2, 0.25) is 0 Å². The summed E-state index contributed by atoms with van der Waals surface area (Å²) in [6.07, 6.45) is 4.05. The standard InChI is InChI=1S/C21H24F2N2O3S/c1-2-29(27,28)25-9-3-4-15(14-25)5-8-21(26)16-6-7-20(24-13-16)17-10-18(22)12-19(23)11-17/h6-7,10-13,15H,2-5,8-9,14H2,1H3. The fourth-order valence-electron chi connectivity index (χ4n) is 3.61. The SMILES string of the molecule is CCS(=O)(=O)N1CCCC(CCC(=O)c2ccc(-c3cc(F)cc(F)c3)nc2)C1. The lowest BCUT2D eigenvalue weighted by molar-refractivity contribution is 0.0967. The van der Waals surface area contributed by atoms with Crippen LogP contribution in [0.15, 0.2) is 36.5 Å². The number of sulfonamides is 1. The number of pyridine rings is 1. The molecule has 1 atom stereocenters. The first-order valence-corrected chi connectivity index (χ1v) is 11.3. The number of carbonyl (C=O) groups excluding carboxylic acids is 1. The summed E-state index contributed by atoms with van der Waals surface area (Å²) in [6, 6.07) is 6.33. The number of ketones is 1. The van der Waals surface area contributed by atoms with Gasteiger partial charge in [0.15, 0.2) is 5.78 Å². The van der Waals surface area contributed by atoms with Gasteiger partial charge in [-0.05, 0) is 56.4 Å². The van der Waals surface area contributed by atoms with Crippen LogP contribution in [0.25, 0.3) is 11.3 Å². The number of nitrogens with zero attached hydrogens (tertiary/aromatic N) is 2. The van der Waals surface area contributed by atoms with Crippen LogP contribution in [-0.4, -0.2) is 42.3 Å². The molecule has 1 unspecified atom stereocenters. The van der Waals surface area contributed by atoms with Crippen molar-refractivity contribution >= 4 is 15.8 Å². The third-order valence-corrected chi connectivity index (χ3v) is 7.11. The molecular weight excluding hydrogens is 398 g/mol. The molecular formula is C21H24F2N2O3S. The molecule has 0 aliphatic carbocycles. The minimum Gasteiger partial charge on any atom is -0.294 e. The van der Waals surface area contributed by atoms with Crippen LogP contribution in [0.3, 0.4) is 0 Å². The van der Waals surface area contributed by atoms with Gasteiger partial charge in [-0.25, -0.2) is 21.5 Å². The molecule has 29 heavy (non-hydrogen) atoms. The molecule has 1 aromatic carbocycles. The van der Waals surface area contributed by atoms with E-state index in [1.807, 2.05) is 0 Å². The van der Waals surface area contributed by atoms with Crippen molar-refractivity contribution in [1.82, 2.24) is 9.29 Å². The number of Topliss-reactive ketones (excluding diaryl/α,β-unsaturated/α-hetero) is 1. The summed E-state index contributed by atoms with van der Waals surface area (Å²) >= 11 is 0. The van der Waals surface area contributed by atoms with Crippen LogP contribution in [0.1, 0.15) is 43.0 Å². The minimum atomic E-state index is -3.20. The average Bonchev–Trinajstić information content (AvgIpc) is 2.71. The highest BCUT2D eigenvalue weighted by atomic mass is 32.2. The van der Waals surface area contributed by atoms with Gasteiger partial charge in [0.2, 0.25) is 10.0 Å². The van der Waals surface area contributed by atoms with E-state index < -0.39 is 21.7 Å². The highest BCUT2D eigenvalue weighted by molar-refractivity contribution is 7.89. The molecule has 1 aromatic heterocycles. The van der Waals surface area contributed by atoms with Crippen LogP contribution in [0.5, 0.6) is 0 Å². The maximum absolute atomic E-state index is 13.4. The maximum atomic E-state index is 13.4. The van der Waals surface area contributed by atoms with Gasteiger partial charge in [-0.1, -0.05) is 0 Å². The van der Waals surface area contributed by atoms with Gasteiger partial charge in [0.25, 0.3) is 0 Å². The third-order valence-electron chi connectivity index (χ3n) is 5.26. The lowest BCUT2D eigenvalue weighted by Gasteiger charge is -2.31. The number of piperidine rings is 1. The van der Waals surface area contributed by atoms with Gasteiger partial charge in [-0.2, -0.15) is 0 Å². The minimum absolute atomic E-state index is 0.0788. The average molecular weight is 422 g/mol. The van der Waals surface area contributed by atoms with E-state index in [9.17, 15) is 22.0 Å². The van der Waals surface area contributed by atoms with Crippen LogP contribution < -0.4 is 0 Å². The molecule has 1 fully saturated rings. The Bertz CT molecular complexity index is 958. The predicted octanol–water partition coefficient (Wildman–Crippen LogP) is 4.05. The second-order valence-electron chi connectivity index (χ2n) is 7.32. The van der Waals surface area contributed by atoms with E-state index in [2.05, 4.69) is 4.98 Å². The van der Waals surface area contributed by atoms with Gasteiger partial charge in [0.05, 0.1) is 11.4 Å². The van der Waals surface area contributed by atoms with Crippen LogP contribution >= 0.6 is 0 Å². The summed E-state index contributed by atoms with van der Waals surface area (Å²) in [6.45, 7) is 2.65. The van der Waals surface area contributed by atoms with Gasteiger partial charge in [-0.15, -0.1) is 0 Å². The molecule has 0 saturated carbocycles. The molecule has 2 heterocycles. The van der Waals surface area contributed by atoms with Crippen LogP contribution in [-0.2, 0) is 10.0 Å². The zero-order valence-corrected chi connectivity index (χ0v) is 17.1. The van der Waals surface area contributed by atoms with E-state index in [0.717, 1.165) is 18.9 Å². The monoisotopic (exact) mass is 422 g/mol. The number of aromatic nitrogens is 1. The van der Waals surface area contributed by atoms with Gasteiger partial charge in [-0.3, -0.25) is 9.78 Å². The van der Waals surface area contributed by atoms with Crippen molar-refractivity contribution in [2.75, 3.05) is 18.8 Å². The molecule has 8 heteroatoms. The number of hydrogen-bond donors (Lipinski definition) is 0. The fourth-order valence-corrected chi connectivity index (χ4v) is 4.82. The molecule has 1 aliphatic rings. The Labute approximate surface area is 169 Å². The zero-order chi connectivity index (χ0) is 21.0. The topological polar surface area (TPSA) is 67.3 Å². The largest absolute Gasteiger partial charge is 0.294 e. The van der Waals surface area contributed by atoms with Crippen molar-refractivity contribution in [3.63, 3.8) is 0 Å². The van der Waals surface area contributed by atoms with E-state index in [0.29, 0.717) is 42.8 Å². The molecule has 156 valence electrons. The third kappa shape index (κ3) is 5.45. The van der Waals surface area contributed by atoms with Crippen molar-refractivity contribution in [3.8, 4) is 11.3 Å². The Balaban J connectivity index is 1.60. The number of halogens is 2. The van der Waals surface area contributed by atoms with Crippen molar-refractivity contribution in [2.45, 2.75) is 32.6 Å². The molecule has 5 nitrogen and oxygen atoms in total. The molecule has 2 aromatic rings. The summed E-state index contributed by atoms with van der Waals surface area (Å²) in [5.41, 5.74) is 1.12. The van der Waals surface area contributed by atoms with E-state index in [1.54, 1.807) is 19.1 Å². The molecule has 0 bridgehead atoms. The molecule has 0 radical (unpaired) electrons. The highest BCUT2D eigenvalue weighted by Gasteiger charge is 2.27. The molecule has 3 rings (SSSR count). The van der Waals surface area contributed by atoms with E-state index in [4.69, 9.17) is 0 Å². The van der Waals surface area contributed by atoms with E-state index in [-0.39, 0.29) is 17.5 Å². The highest BCUT2D eigenvalue weighted by Crippen LogP contribution is 2.25. The summed E-state index contributed by atoms with van der Waals surface area (Å²) in [7, 11) is -3.20. The van der Waals surface area contributed by atoms with Crippen molar-refractivity contribution in [1.29, 1.82) is 0 Å². The van der Waals surface area contributed by atoms with Gasteiger partial charge in [0, 0.05) is 42.9 Å². The van der Waals surface area contributed by atoms with Crippen LogP contribution in [0, 0.1) is 17.6 Å². The Morgan fingerprint density at radius 1 is 1.21 bits per heavy atom. The van der Waals surface area contributed by atoms with Gasteiger partial charge >= 0.3 is 0 Å². The van der Waals surface area contributed by atoms with Gasteiger partial charge in [0.1, 0.15) is 11.6 Å².